The maximum Gasteiger partial charge on any atom is 0.573 e. The van der Waals surface area contributed by atoms with Crippen molar-refractivity contribution < 1.29 is 32.2 Å². The lowest BCUT2D eigenvalue weighted by Gasteiger charge is -2.28. The maximum absolute atomic E-state index is 14.8. The summed E-state index contributed by atoms with van der Waals surface area (Å²) >= 11 is 0. The number of anilines is 1. The zero-order valence-corrected chi connectivity index (χ0v) is 24.6. The van der Waals surface area contributed by atoms with Gasteiger partial charge in [0.05, 0.1) is 0 Å². The summed E-state index contributed by atoms with van der Waals surface area (Å²) in [5.74, 6) is -2.65. The zero-order valence-electron chi connectivity index (χ0n) is 24.6. The molecule has 0 radical (unpaired) electrons. The van der Waals surface area contributed by atoms with Crippen molar-refractivity contribution in [1.29, 1.82) is 0 Å². The molecule has 3 heterocycles. The van der Waals surface area contributed by atoms with Crippen molar-refractivity contribution in [2.75, 3.05) is 45.1 Å². The zero-order chi connectivity index (χ0) is 30.4. The molecule has 0 saturated carbocycles. The van der Waals surface area contributed by atoms with Crippen LogP contribution in [0.3, 0.4) is 0 Å². The first-order valence-electron chi connectivity index (χ1n) is 14.9. The molecule has 11 heteroatoms. The molecule has 4 rings (SSSR count). The number of aliphatic carboxylic acids is 1. The number of fused-ring (bicyclic) bond motifs is 1. The second-order valence-electron chi connectivity index (χ2n) is 11.9. The van der Waals surface area contributed by atoms with Gasteiger partial charge >= 0.3 is 12.3 Å². The van der Waals surface area contributed by atoms with E-state index in [1.807, 2.05) is 7.05 Å². The van der Waals surface area contributed by atoms with Crippen molar-refractivity contribution in [1.82, 2.24) is 14.8 Å². The predicted molar refractivity (Wildman–Crippen MR) is 153 cm³/mol. The van der Waals surface area contributed by atoms with Crippen LogP contribution in [0.1, 0.15) is 80.3 Å². The minimum Gasteiger partial charge on any atom is -0.480 e. The summed E-state index contributed by atoms with van der Waals surface area (Å²) in [7, 11) is 2.03. The van der Waals surface area contributed by atoms with Gasteiger partial charge in [-0.3, -0.25) is 9.69 Å². The van der Waals surface area contributed by atoms with Crippen molar-refractivity contribution in [2.24, 2.45) is 5.92 Å². The van der Waals surface area contributed by atoms with Gasteiger partial charge in [0.15, 0.2) is 11.6 Å². The van der Waals surface area contributed by atoms with Gasteiger partial charge < -0.3 is 20.1 Å². The fraction of sp³-hybridized carbons (Fsp3) is 0.613. The number of carbonyl (C=O) groups is 1. The molecule has 1 saturated heterocycles. The Morgan fingerprint density at radius 1 is 1.24 bits per heavy atom. The predicted octanol–water partition coefficient (Wildman–Crippen LogP) is 6.39. The highest BCUT2D eigenvalue weighted by molar-refractivity contribution is 5.77. The molecule has 0 aliphatic carbocycles. The molecule has 1 fully saturated rings. The number of aromatic nitrogens is 1. The van der Waals surface area contributed by atoms with E-state index in [1.165, 1.54) is 11.6 Å². The number of carboxylic acid groups (broad SMARTS) is 1. The Bertz CT molecular complexity index is 1220. The van der Waals surface area contributed by atoms with Gasteiger partial charge in [-0.1, -0.05) is 26.3 Å². The average Bonchev–Trinajstić information content (AvgIpc) is 3.36. The van der Waals surface area contributed by atoms with Crippen LogP contribution < -0.4 is 10.1 Å². The average molecular weight is 595 g/mol. The summed E-state index contributed by atoms with van der Waals surface area (Å²) in [5.41, 5.74) is 2.51. The van der Waals surface area contributed by atoms with Gasteiger partial charge in [-0.2, -0.15) is 0 Å². The quantitative estimate of drug-likeness (QED) is 0.206. The number of alkyl halides is 3. The minimum atomic E-state index is -5.15. The summed E-state index contributed by atoms with van der Waals surface area (Å²) in [5, 5.41) is 13.5. The van der Waals surface area contributed by atoms with Crippen LogP contribution in [0, 0.1) is 11.7 Å². The SMILES string of the molecule is CC(C)c1cc(F)c(OC(F)(F)F)c(C(C(=O)O)N2CC[C@@H](CN(C)CCCCCc3ccc4c(n3)NCCC4)C2)c1. The monoisotopic (exact) mass is 594 g/mol. The van der Waals surface area contributed by atoms with E-state index >= 15 is 0 Å². The molecule has 0 bridgehead atoms. The molecule has 2 atom stereocenters. The van der Waals surface area contributed by atoms with Gasteiger partial charge in [-0.25, -0.2) is 9.37 Å². The molecule has 1 unspecified atom stereocenters. The lowest BCUT2D eigenvalue weighted by atomic mass is 9.95. The lowest BCUT2D eigenvalue weighted by Crippen LogP contribution is -2.35. The molecule has 0 amide bonds. The molecular weight excluding hydrogens is 552 g/mol. The van der Waals surface area contributed by atoms with Gasteiger partial charge in [-0.05, 0) is 99.8 Å². The van der Waals surface area contributed by atoms with Crippen molar-refractivity contribution in [2.45, 2.75) is 77.1 Å². The molecule has 7 nitrogen and oxygen atoms in total. The van der Waals surface area contributed by atoms with Crippen molar-refractivity contribution in [3.63, 3.8) is 0 Å². The van der Waals surface area contributed by atoms with Crippen LogP contribution in [-0.4, -0.2) is 72.0 Å². The van der Waals surface area contributed by atoms with Crippen molar-refractivity contribution in [3.8, 4) is 5.75 Å². The van der Waals surface area contributed by atoms with Gasteiger partial charge in [0.25, 0.3) is 0 Å². The van der Waals surface area contributed by atoms with Gasteiger partial charge in [-0.15, -0.1) is 13.2 Å². The smallest absolute Gasteiger partial charge is 0.480 e. The number of pyridine rings is 1. The van der Waals surface area contributed by atoms with Crippen LogP contribution in [-0.2, 0) is 17.6 Å². The van der Waals surface area contributed by atoms with E-state index in [2.05, 4.69) is 27.1 Å². The standard InChI is InChI=1S/C31H42F4N4O3/c1-20(2)23-16-25(28(26(32)17-23)42-31(33,34)35)27(30(40)41)39-15-12-21(19-39)18-38(3)14-6-4-5-9-24-11-10-22-8-7-13-36-29(22)37-24/h10-11,16-17,20-21,27H,4-9,12-15,18-19H2,1-3H3,(H,36,37)(H,40,41)/t21-,27?/m0/s1. The van der Waals surface area contributed by atoms with E-state index < -0.39 is 29.9 Å². The van der Waals surface area contributed by atoms with E-state index in [0.29, 0.717) is 25.1 Å². The van der Waals surface area contributed by atoms with Crippen LogP contribution in [0.2, 0.25) is 0 Å². The van der Waals surface area contributed by atoms with Crippen LogP contribution in [0.25, 0.3) is 0 Å². The summed E-state index contributed by atoms with van der Waals surface area (Å²) in [6.07, 6.45) is 1.84. The molecular formula is C31H42F4N4O3. The highest BCUT2D eigenvalue weighted by Gasteiger charge is 2.40. The van der Waals surface area contributed by atoms with Crippen LogP contribution >= 0.6 is 0 Å². The first-order valence-corrected chi connectivity index (χ1v) is 14.9. The molecule has 1 aromatic carbocycles. The number of hydrogen-bond acceptors (Lipinski definition) is 6. The number of ether oxygens (including phenoxy) is 1. The van der Waals surface area contributed by atoms with E-state index in [9.17, 15) is 27.5 Å². The topological polar surface area (TPSA) is 77.9 Å². The third-order valence-corrected chi connectivity index (χ3v) is 8.18. The Balaban J connectivity index is 1.30. The second kappa shape index (κ2) is 14.0. The Morgan fingerprint density at radius 2 is 2.02 bits per heavy atom. The number of hydrogen-bond donors (Lipinski definition) is 2. The highest BCUT2D eigenvalue weighted by Crippen LogP contribution is 2.39. The molecule has 2 N–H and O–H groups in total. The molecule has 2 aliphatic rings. The Hall–Kier alpha value is -2.92. The normalized spacial score (nSPS) is 18.3. The van der Waals surface area contributed by atoms with Crippen molar-refractivity contribution >= 4 is 11.8 Å². The summed E-state index contributed by atoms with van der Waals surface area (Å²) in [6.45, 7) is 6.92. The fourth-order valence-electron chi connectivity index (χ4n) is 6.03. The summed E-state index contributed by atoms with van der Waals surface area (Å²) in [4.78, 5) is 21.0. The third-order valence-electron chi connectivity index (χ3n) is 8.18. The van der Waals surface area contributed by atoms with E-state index in [4.69, 9.17) is 4.98 Å². The molecule has 0 spiro atoms. The largest absolute Gasteiger partial charge is 0.573 e. The summed E-state index contributed by atoms with van der Waals surface area (Å²) in [6, 6.07) is 5.18. The van der Waals surface area contributed by atoms with Gasteiger partial charge in [0, 0.05) is 30.9 Å². The van der Waals surface area contributed by atoms with E-state index in [-0.39, 0.29) is 17.4 Å². The van der Waals surface area contributed by atoms with Gasteiger partial charge in [0.2, 0.25) is 0 Å². The number of likely N-dealkylation sites (tertiary alicyclic amines) is 1. The Morgan fingerprint density at radius 3 is 2.74 bits per heavy atom. The van der Waals surface area contributed by atoms with E-state index in [1.54, 1.807) is 18.7 Å². The van der Waals surface area contributed by atoms with Crippen LogP contribution in [0.5, 0.6) is 5.75 Å². The number of carboxylic acids is 1. The Labute approximate surface area is 245 Å². The number of benzene rings is 1. The maximum atomic E-state index is 14.8. The number of nitrogens with zero attached hydrogens (tertiary/aromatic N) is 3. The molecule has 42 heavy (non-hydrogen) atoms. The number of halogens is 4. The fourth-order valence-corrected chi connectivity index (χ4v) is 6.03. The lowest BCUT2D eigenvalue weighted by molar-refractivity contribution is -0.276. The van der Waals surface area contributed by atoms with Crippen molar-refractivity contribution in [3.05, 3.63) is 52.5 Å². The molecule has 1 aromatic heterocycles. The highest BCUT2D eigenvalue weighted by atomic mass is 19.4. The number of rotatable bonds is 13. The number of unbranched alkanes of at least 4 members (excludes halogenated alkanes) is 2. The first kappa shape index (κ1) is 32.0. The van der Waals surface area contributed by atoms with E-state index in [0.717, 1.165) is 75.7 Å². The molecule has 2 aromatic rings. The number of nitrogens with one attached hydrogen (secondary N) is 1. The summed E-state index contributed by atoms with van der Waals surface area (Å²) < 4.78 is 58.3. The number of aryl methyl sites for hydroxylation is 2. The molecule has 232 valence electrons. The minimum absolute atomic E-state index is 0.147. The van der Waals surface area contributed by atoms with Crippen LogP contribution in [0.15, 0.2) is 24.3 Å². The second-order valence-corrected chi connectivity index (χ2v) is 11.9. The molecule has 2 aliphatic heterocycles. The Kier molecular flexibility index (Phi) is 10.7. The third kappa shape index (κ3) is 8.56. The van der Waals surface area contributed by atoms with Crippen LogP contribution in [0.4, 0.5) is 23.4 Å². The van der Waals surface area contributed by atoms with Gasteiger partial charge in [0.1, 0.15) is 11.9 Å². The first-order chi connectivity index (χ1) is 19.9.